The molecule has 4 heterocycles. The van der Waals surface area contributed by atoms with Gasteiger partial charge >= 0.3 is 0 Å². The lowest BCUT2D eigenvalue weighted by atomic mass is 10.1. The summed E-state index contributed by atoms with van der Waals surface area (Å²) in [6.45, 7) is 3.77. The van der Waals surface area contributed by atoms with Gasteiger partial charge in [0.15, 0.2) is 11.6 Å². The molecule has 0 atom stereocenters. The average Bonchev–Trinajstić information content (AvgIpc) is 3.43. The van der Waals surface area contributed by atoms with Crippen molar-refractivity contribution in [2.45, 2.75) is 6.54 Å². The van der Waals surface area contributed by atoms with E-state index in [2.05, 4.69) is 26.5 Å². The Kier molecular flexibility index (Phi) is 5.73. The van der Waals surface area contributed by atoms with Gasteiger partial charge in [0.1, 0.15) is 0 Å². The van der Waals surface area contributed by atoms with Crippen molar-refractivity contribution >= 4 is 44.2 Å². The van der Waals surface area contributed by atoms with Gasteiger partial charge in [-0.2, -0.15) is 5.10 Å². The Morgan fingerprint density at radius 2 is 2.12 bits per heavy atom. The molecule has 0 aliphatic carbocycles. The number of hydrogen-bond donors (Lipinski definition) is 2. The molecule has 5 rings (SSSR count). The van der Waals surface area contributed by atoms with Crippen LogP contribution in [0.3, 0.4) is 0 Å². The number of fused-ring (bicyclic) bond motifs is 2. The van der Waals surface area contributed by atoms with Gasteiger partial charge in [0.05, 0.1) is 48.2 Å². The van der Waals surface area contributed by atoms with E-state index in [9.17, 15) is 4.79 Å². The number of nitrogens with one attached hydrogen (secondary N) is 2. The molecule has 1 amide bonds. The number of thiophene rings is 1. The van der Waals surface area contributed by atoms with Crippen LogP contribution in [0.5, 0.6) is 0 Å². The van der Waals surface area contributed by atoms with Crippen LogP contribution >= 0.6 is 11.3 Å². The van der Waals surface area contributed by atoms with E-state index in [0.29, 0.717) is 32.1 Å². The van der Waals surface area contributed by atoms with Crippen molar-refractivity contribution in [3.8, 4) is 11.4 Å². The molecule has 10 heteroatoms. The monoisotopic (exact) mass is 451 g/mol. The minimum Gasteiger partial charge on any atom is -0.378 e. The van der Waals surface area contributed by atoms with Crippen molar-refractivity contribution in [1.29, 1.82) is 0 Å². The van der Waals surface area contributed by atoms with Crippen molar-refractivity contribution in [3.05, 3.63) is 35.3 Å². The highest BCUT2D eigenvalue weighted by Gasteiger charge is 2.21. The summed E-state index contributed by atoms with van der Waals surface area (Å²) in [7, 11) is 3.76. The second-order valence-corrected chi connectivity index (χ2v) is 9.19. The second-order valence-electron chi connectivity index (χ2n) is 8.05. The minimum atomic E-state index is -0.000678. The molecule has 0 spiro atoms. The first-order valence-electron chi connectivity index (χ1n) is 10.6. The van der Waals surface area contributed by atoms with E-state index in [4.69, 9.17) is 14.7 Å². The standard InChI is InChI=1S/C22H25N7O2S/c1-28(2)13-19(30)23-11-14-10-18-20(32-14)22(29-6-8-31-9-7-29)26-21(25-18)15-4-3-5-17-16(15)12-24-27-17/h3-5,10,12H,6-9,11,13H2,1-2H3,(H,23,30)(H,24,27). The van der Waals surface area contributed by atoms with E-state index >= 15 is 0 Å². The van der Waals surface area contributed by atoms with Gasteiger partial charge < -0.3 is 19.9 Å². The van der Waals surface area contributed by atoms with Crippen molar-refractivity contribution in [2.75, 3.05) is 51.8 Å². The maximum absolute atomic E-state index is 12.1. The lowest BCUT2D eigenvalue weighted by molar-refractivity contribution is -0.121. The highest BCUT2D eigenvalue weighted by molar-refractivity contribution is 7.19. The summed E-state index contributed by atoms with van der Waals surface area (Å²) in [6.07, 6.45) is 1.81. The van der Waals surface area contributed by atoms with Crippen LogP contribution < -0.4 is 10.2 Å². The molecule has 3 aromatic heterocycles. The number of carbonyl (C=O) groups excluding carboxylic acids is 1. The van der Waals surface area contributed by atoms with Crippen molar-refractivity contribution in [2.24, 2.45) is 0 Å². The fourth-order valence-corrected chi connectivity index (χ4v) is 4.91. The highest BCUT2D eigenvalue weighted by Crippen LogP contribution is 2.35. The molecule has 9 nitrogen and oxygen atoms in total. The number of H-pyrrole nitrogens is 1. The molecule has 0 saturated carbocycles. The first-order chi connectivity index (χ1) is 15.6. The molecule has 2 N–H and O–H groups in total. The maximum Gasteiger partial charge on any atom is 0.234 e. The van der Waals surface area contributed by atoms with Gasteiger partial charge in [-0.1, -0.05) is 12.1 Å². The molecule has 1 saturated heterocycles. The molecule has 1 aliphatic heterocycles. The van der Waals surface area contributed by atoms with E-state index < -0.39 is 0 Å². The van der Waals surface area contributed by atoms with Crippen LogP contribution in [0.25, 0.3) is 32.5 Å². The lowest BCUT2D eigenvalue weighted by Crippen LogP contribution is -2.36. The molecule has 0 unspecified atom stereocenters. The average molecular weight is 452 g/mol. The van der Waals surface area contributed by atoms with Crippen LogP contribution in [0.2, 0.25) is 0 Å². The van der Waals surface area contributed by atoms with Crippen LogP contribution in [0.1, 0.15) is 4.88 Å². The Bertz CT molecular complexity index is 1260. The number of hydrogen-bond acceptors (Lipinski definition) is 8. The van der Waals surface area contributed by atoms with Crippen LogP contribution in [-0.4, -0.2) is 77.9 Å². The predicted octanol–water partition coefficient (Wildman–Crippen LogP) is 2.25. The molecule has 0 bridgehead atoms. The molecular weight excluding hydrogens is 426 g/mol. The maximum atomic E-state index is 12.1. The molecule has 4 aromatic rings. The molecule has 32 heavy (non-hydrogen) atoms. The van der Waals surface area contributed by atoms with Gasteiger partial charge in [0.25, 0.3) is 0 Å². The molecule has 1 aromatic carbocycles. The Morgan fingerprint density at radius 3 is 2.94 bits per heavy atom. The van der Waals surface area contributed by atoms with Gasteiger partial charge in [-0.15, -0.1) is 11.3 Å². The number of rotatable bonds is 6. The van der Waals surface area contributed by atoms with E-state index in [1.54, 1.807) is 11.3 Å². The Balaban J connectivity index is 1.55. The molecule has 1 aliphatic rings. The summed E-state index contributed by atoms with van der Waals surface area (Å²) in [5.41, 5.74) is 2.78. The summed E-state index contributed by atoms with van der Waals surface area (Å²) in [5.74, 6) is 1.59. The van der Waals surface area contributed by atoms with Crippen molar-refractivity contribution in [3.63, 3.8) is 0 Å². The van der Waals surface area contributed by atoms with Crippen LogP contribution in [0.4, 0.5) is 5.82 Å². The Morgan fingerprint density at radius 1 is 1.28 bits per heavy atom. The van der Waals surface area contributed by atoms with E-state index in [1.165, 1.54) is 0 Å². The normalized spacial score (nSPS) is 14.5. The zero-order chi connectivity index (χ0) is 22.1. The number of morpholine rings is 1. The number of anilines is 1. The third kappa shape index (κ3) is 4.16. The zero-order valence-electron chi connectivity index (χ0n) is 18.1. The fraction of sp³-hybridized carbons (Fsp3) is 0.364. The predicted molar refractivity (Wildman–Crippen MR) is 126 cm³/mol. The van der Waals surface area contributed by atoms with E-state index in [1.807, 2.05) is 43.4 Å². The summed E-state index contributed by atoms with van der Waals surface area (Å²) in [5, 5.41) is 11.2. The largest absolute Gasteiger partial charge is 0.378 e. The highest BCUT2D eigenvalue weighted by atomic mass is 32.1. The van der Waals surface area contributed by atoms with Crippen molar-refractivity contribution < 1.29 is 9.53 Å². The number of benzene rings is 1. The quantitative estimate of drug-likeness (QED) is 0.464. The third-order valence-corrected chi connectivity index (χ3v) is 6.48. The zero-order valence-corrected chi connectivity index (χ0v) is 18.9. The Hall–Kier alpha value is -3.08. The summed E-state index contributed by atoms with van der Waals surface area (Å²) in [4.78, 5) is 27.2. The van der Waals surface area contributed by atoms with Gasteiger partial charge in [-0.25, -0.2) is 9.97 Å². The fourth-order valence-electron chi connectivity index (χ4n) is 3.85. The second kappa shape index (κ2) is 8.81. The number of ether oxygens (including phenoxy) is 1. The number of aromatic nitrogens is 4. The lowest BCUT2D eigenvalue weighted by Gasteiger charge is -2.28. The summed E-state index contributed by atoms with van der Waals surface area (Å²) < 4.78 is 6.59. The summed E-state index contributed by atoms with van der Waals surface area (Å²) >= 11 is 1.63. The molecule has 1 fully saturated rings. The SMILES string of the molecule is CN(C)CC(=O)NCc1cc2nc(-c3cccc4[nH]ncc34)nc(N3CCOCC3)c2s1. The summed E-state index contributed by atoms with van der Waals surface area (Å²) in [6, 6.07) is 8.06. The molecule has 166 valence electrons. The number of aromatic amines is 1. The first-order valence-corrected chi connectivity index (χ1v) is 11.4. The van der Waals surface area contributed by atoms with Crippen LogP contribution in [0.15, 0.2) is 30.5 Å². The van der Waals surface area contributed by atoms with Crippen LogP contribution in [-0.2, 0) is 16.1 Å². The number of likely N-dealkylation sites (N-methyl/N-ethyl adjacent to an activating group) is 1. The van der Waals surface area contributed by atoms with Gasteiger partial charge in [0.2, 0.25) is 5.91 Å². The van der Waals surface area contributed by atoms with Gasteiger partial charge in [-0.05, 0) is 26.2 Å². The van der Waals surface area contributed by atoms with Crippen LogP contribution in [0, 0.1) is 0 Å². The molecule has 0 radical (unpaired) electrons. The topological polar surface area (TPSA) is 99.3 Å². The van der Waals surface area contributed by atoms with E-state index in [0.717, 1.165) is 50.5 Å². The number of amides is 1. The molecular formula is C22H25N7O2S. The van der Waals surface area contributed by atoms with Gasteiger partial charge in [-0.3, -0.25) is 9.89 Å². The third-order valence-electron chi connectivity index (χ3n) is 5.36. The van der Waals surface area contributed by atoms with Crippen molar-refractivity contribution in [1.82, 2.24) is 30.4 Å². The smallest absolute Gasteiger partial charge is 0.234 e. The van der Waals surface area contributed by atoms with E-state index in [-0.39, 0.29) is 5.91 Å². The first kappa shape index (κ1) is 20.8. The Labute approximate surface area is 189 Å². The minimum absolute atomic E-state index is 0.000678. The number of carbonyl (C=O) groups is 1. The van der Waals surface area contributed by atoms with Gasteiger partial charge in [0, 0.05) is 28.9 Å². The number of nitrogens with zero attached hydrogens (tertiary/aromatic N) is 5.